The van der Waals surface area contributed by atoms with Crippen LogP contribution in [0.2, 0.25) is 6.04 Å². The molecule has 0 atom stereocenters. The molecule has 2 aromatic heterocycles. The summed E-state index contributed by atoms with van der Waals surface area (Å²) in [4.78, 5) is 35.3. The third kappa shape index (κ3) is 4.53. The van der Waals surface area contributed by atoms with Crippen LogP contribution in [0, 0.1) is 0 Å². The summed E-state index contributed by atoms with van der Waals surface area (Å²) in [5.74, 6) is 0. The van der Waals surface area contributed by atoms with Gasteiger partial charge in [-0.15, -0.1) is 0 Å². The second-order valence-corrected chi connectivity index (χ2v) is 6.44. The van der Waals surface area contributed by atoms with Crippen molar-refractivity contribution in [3.63, 3.8) is 0 Å². The highest BCUT2D eigenvalue weighted by Crippen LogP contribution is 2.15. The van der Waals surface area contributed by atoms with E-state index in [1.54, 1.807) is 12.4 Å². The molecule has 0 saturated carbocycles. The van der Waals surface area contributed by atoms with E-state index in [1.807, 2.05) is 30.3 Å². The van der Waals surface area contributed by atoms with Crippen molar-refractivity contribution in [2.75, 3.05) is 0 Å². The molecular weight excluding hydrogens is 260 g/mol. The van der Waals surface area contributed by atoms with Gasteiger partial charge >= 0.3 is 8.80 Å². The molecule has 0 unspecified atom stereocenters. The lowest BCUT2D eigenvalue weighted by Crippen LogP contribution is -2.34. The van der Waals surface area contributed by atoms with Crippen LogP contribution in [0.4, 0.5) is 0 Å². The van der Waals surface area contributed by atoms with E-state index in [-0.39, 0.29) is 6.04 Å². The number of hydrogen-bond acceptors (Lipinski definition) is 5. The minimum Gasteiger partial charge on any atom is -0.390 e. The Morgan fingerprint density at radius 3 is 2.32 bits per heavy atom. The standard InChI is InChI=1S/C13H16N2O3Si/c16-19(17,18)9-3-4-11-6-7-13(15-10-11)12-5-1-2-8-14-12/h1-2,5-8,10,16-18H,3-4,9H2. The molecule has 5 nitrogen and oxygen atoms in total. The van der Waals surface area contributed by atoms with E-state index in [4.69, 9.17) is 14.4 Å². The second kappa shape index (κ2) is 6.03. The zero-order chi connectivity index (χ0) is 13.7. The maximum atomic E-state index is 8.91. The Balaban J connectivity index is 1.96. The van der Waals surface area contributed by atoms with E-state index in [0.717, 1.165) is 17.0 Å². The van der Waals surface area contributed by atoms with Crippen molar-refractivity contribution in [2.24, 2.45) is 0 Å². The third-order valence-corrected chi connectivity index (χ3v) is 3.75. The van der Waals surface area contributed by atoms with Crippen LogP contribution in [0.25, 0.3) is 11.4 Å². The first-order valence-electron chi connectivity index (χ1n) is 6.08. The van der Waals surface area contributed by atoms with Crippen molar-refractivity contribution in [2.45, 2.75) is 18.9 Å². The molecule has 3 N–H and O–H groups in total. The molecule has 2 heterocycles. The van der Waals surface area contributed by atoms with E-state index in [2.05, 4.69) is 9.97 Å². The molecule has 2 aromatic rings. The quantitative estimate of drug-likeness (QED) is 0.709. The molecule has 6 heteroatoms. The number of rotatable bonds is 5. The SMILES string of the molecule is O[Si](O)(O)CCCc1ccc(-c2ccccn2)nc1. The maximum Gasteiger partial charge on any atom is 0.492 e. The van der Waals surface area contributed by atoms with Crippen molar-refractivity contribution >= 4 is 8.80 Å². The molecule has 0 aromatic carbocycles. The van der Waals surface area contributed by atoms with Gasteiger partial charge in [-0.1, -0.05) is 12.1 Å². The van der Waals surface area contributed by atoms with Crippen LogP contribution in [0.5, 0.6) is 0 Å². The topological polar surface area (TPSA) is 86.5 Å². The van der Waals surface area contributed by atoms with Gasteiger partial charge in [-0.25, -0.2) is 0 Å². The van der Waals surface area contributed by atoms with Gasteiger partial charge in [0.2, 0.25) is 0 Å². The van der Waals surface area contributed by atoms with Gasteiger partial charge in [-0.3, -0.25) is 9.97 Å². The minimum absolute atomic E-state index is 0.0506. The Morgan fingerprint density at radius 2 is 1.74 bits per heavy atom. The summed E-state index contributed by atoms with van der Waals surface area (Å²) >= 11 is 0. The molecule has 0 saturated heterocycles. The van der Waals surface area contributed by atoms with Gasteiger partial charge in [0.15, 0.2) is 0 Å². The van der Waals surface area contributed by atoms with E-state index in [1.165, 1.54) is 0 Å². The van der Waals surface area contributed by atoms with Crippen LogP contribution in [0.15, 0.2) is 42.7 Å². The molecule has 0 aliphatic heterocycles. The number of pyridine rings is 2. The van der Waals surface area contributed by atoms with Gasteiger partial charge in [0.05, 0.1) is 11.4 Å². The minimum atomic E-state index is -3.91. The molecule has 100 valence electrons. The smallest absolute Gasteiger partial charge is 0.390 e. The van der Waals surface area contributed by atoms with Gasteiger partial charge in [0, 0.05) is 18.4 Å². The maximum absolute atomic E-state index is 8.91. The average molecular weight is 276 g/mol. The highest BCUT2D eigenvalue weighted by molar-refractivity contribution is 6.56. The van der Waals surface area contributed by atoms with Crippen molar-refractivity contribution in [3.05, 3.63) is 48.3 Å². The summed E-state index contributed by atoms with van der Waals surface area (Å²) in [7, 11) is -3.91. The molecule has 0 fully saturated rings. The van der Waals surface area contributed by atoms with E-state index >= 15 is 0 Å². The zero-order valence-electron chi connectivity index (χ0n) is 10.4. The molecular formula is C13H16N2O3Si. The van der Waals surface area contributed by atoms with E-state index in [0.29, 0.717) is 12.8 Å². The lowest BCUT2D eigenvalue weighted by Gasteiger charge is -2.08. The van der Waals surface area contributed by atoms with E-state index in [9.17, 15) is 0 Å². The van der Waals surface area contributed by atoms with Crippen LogP contribution in [0.1, 0.15) is 12.0 Å². The molecule has 19 heavy (non-hydrogen) atoms. The molecule has 2 rings (SSSR count). The Bertz CT molecular complexity index is 512. The van der Waals surface area contributed by atoms with Gasteiger partial charge in [-0.05, 0) is 36.6 Å². The lowest BCUT2D eigenvalue weighted by atomic mass is 10.1. The number of nitrogens with zero attached hydrogens (tertiary/aromatic N) is 2. The Morgan fingerprint density at radius 1 is 0.947 bits per heavy atom. The average Bonchev–Trinajstić information content (AvgIpc) is 2.39. The zero-order valence-corrected chi connectivity index (χ0v) is 11.4. The van der Waals surface area contributed by atoms with Crippen LogP contribution >= 0.6 is 0 Å². The van der Waals surface area contributed by atoms with Gasteiger partial charge in [-0.2, -0.15) is 0 Å². The summed E-state index contributed by atoms with van der Waals surface area (Å²) < 4.78 is 0. The Labute approximate surface area is 112 Å². The first-order valence-corrected chi connectivity index (χ1v) is 8.13. The Hall–Kier alpha value is -1.60. The summed E-state index contributed by atoms with van der Waals surface area (Å²) in [6.07, 6.45) is 4.66. The highest BCUT2D eigenvalue weighted by atomic mass is 28.4. The van der Waals surface area contributed by atoms with Crippen molar-refractivity contribution in [1.29, 1.82) is 0 Å². The number of hydrogen-bond donors (Lipinski definition) is 3. The normalized spacial score (nSPS) is 11.5. The van der Waals surface area contributed by atoms with Gasteiger partial charge in [0.25, 0.3) is 0 Å². The van der Waals surface area contributed by atoms with E-state index < -0.39 is 8.80 Å². The fourth-order valence-electron chi connectivity index (χ4n) is 1.77. The first-order chi connectivity index (χ1) is 9.04. The number of aromatic nitrogens is 2. The molecule has 0 bridgehead atoms. The predicted octanol–water partition coefficient (Wildman–Crippen LogP) is 0.992. The van der Waals surface area contributed by atoms with Gasteiger partial charge < -0.3 is 14.4 Å². The number of aryl methyl sites for hydroxylation is 1. The fourth-order valence-corrected chi connectivity index (χ4v) is 2.42. The van der Waals surface area contributed by atoms with Gasteiger partial charge in [0.1, 0.15) is 0 Å². The van der Waals surface area contributed by atoms with Crippen LogP contribution in [0.3, 0.4) is 0 Å². The summed E-state index contributed by atoms with van der Waals surface area (Å²) in [6, 6.07) is 9.53. The molecule has 0 spiro atoms. The largest absolute Gasteiger partial charge is 0.492 e. The van der Waals surface area contributed by atoms with Crippen molar-refractivity contribution in [1.82, 2.24) is 9.97 Å². The van der Waals surface area contributed by atoms with Crippen molar-refractivity contribution < 1.29 is 14.4 Å². The predicted molar refractivity (Wildman–Crippen MR) is 73.0 cm³/mol. The summed E-state index contributed by atoms with van der Waals surface area (Å²) in [5.41, 5.74) is 2.62. The Kier molecular flexibility index (Phi) is 4.38. The summed E-state index contributed by atoms with van der Waals surface area (Å²) in [6.45, 7) is 0. The van der Waals surface area contributed by atoms with Crippen LogP contribution < -0.4 is 0 Å². The van der Waals surface area contributed by atoms with Crippen LogP contribution in [-0.2, 0) is 6.42 Å². The second-order valence-electron chi connectivity index (χ2n) is 4.39. The van der Waals surface area contributed by atoms with Crippen molar-refractivity contribution in [3.8, 4) is 11.4 Å². The monoisotopic (exact) mass is 276 g/mol. The summed E-state index contributed by atoms with van der Waals surface area (Å²) in [5, 5.41) is 0. The molecule has 0 radical (unpaired) electrons. The molecule has 0 aliphatic carbocycles. The fraction of sp³-hybridized carbons (Fsp3) is 0.231. The lowest BCUT2D eigenvalue weighted by molar-refractivity contribution is 0.226. The van der Waals surface area contributed by atoms with Crippen LogP contribution in [-0.4, -0.2) is 33.2 Å². The molecule has 0 amide bonds. The first kappa shape index (κ1) is 13.8. The third-order valence-electron chi connectivity index (χ3n) is 2.73. The highest BCUT2D eigenvalue weighted by Gasteiger charge is 2.25. The molecule has 0 aliphatic rings.